The van der Waals surface area contributed by atoms with E-state index in [0.29, 0.717) is 0 Å². The van der Waals surface area contributed by atoms with Crippen LogP contribution in [0, 0.1) is 0 Å². The maximum absolute atomic E-state index is 8.25. The van der Waals surface area contributed by atoms with Crippen molar-refractivity contribution < 1.29 is 55.0 Å². The van der Waals surface area contributed by atoms with Crippen LogP contribution >= 0.6 is 0 Å². The molecule has 0 aromatic rings. The Labute approximate surface area is 77.3 Å². The summed E-state index contributed by atoms with van der Waals surface area (Å²) in [6.45, 7) is 0. The summed E-state index contributed by atoms with van der Waals surface area (Å²) in [5, 5.41) is 24.8. The minimum atomic E-state index is -0.500. The van der Waals surface area contributed by atoms with Crippen molar-refractivity contribution in [2.75, 3.05) is 0 Å². The van der Waals surface area contributed by atoms with Gasteiger partial charge in [-0.1, -0.05) is 0 Å². The molecule has 0 saturated heterocycles. The van der Waals surface area contributed by atoms with Gasteiger partial charge in [-0.3, -0.25) is 0 Å². The molecule has 0 aromatic carbocycles. The zero-order valence-electron chi connectivity index (χ0n) is 4.76. The summed E-state index contributed by atoms with van der Waals surface area (Å²) in [5.41, 5.74) is 0. The van der Waals surface area contributed by atoms with Crippen LogP contribution in [0.25, 0.3) is 0 Å². The van der Waals surface area contributed by atoms with Crippen molar-refractivity contribution in [3.63, 3.8) is 0 Å². The van der Waals surface area contributed by atoms with E-state index in [-0.39, 0.29) is 25.8 Å². The van der Waals surface area contributed by atoms with Crippen LogP contribution in [0.4, 0.5) is 0 Å². The summed E-state index contributed by atoms with van der Waals surface area (Å²) in [4.78, 5) is 0. The van der Waals surface area contributed by atoms with Gasteiger partial charge in [0.25, 0.3) is 0 Å². The third-order valence-electron chi connectivity index (χ3n) is 0. The summed E-state index contributed by atoms with van der Waals surface area (Å²) in [5.74, 6) is 0. The first-order chi connectivity index (χ1) is 4.24. The topological polar surface area (TPSA) is 120 Å². The molecule has 0 heterocycles. The van der Waals surface area contributed by atoms with Gasteiger partial charge in [-0.05, 0) is 0 Å². The fraction of sp³-hybridized carbons (Fsp3) is 0. The quantitative estimate of drug-likeness (QED) is 0.338. The van der Waals surface area contributed by atoms with Crippen molar-refractivity contribution in [3.8, 4) is 0 Å². The molecule has 0 aromatic heterocycles. The van der Waals surface area contributed by atoms with Crippen molar-refractivity contribution >= 4 is 22.1 Å². The van der Waals surface area contributed by atoms with E-state index in [1.165, 1.54) is 0 Å². The molecule has 0 aliphatic rings. The van der Waals surface area contributed by atoms with Crippen LogP contribution in [0.3, 0.4) is 0 Å². The summed E-state index contributed by atoms with van der Waals surface area (Å²) < 4.78 is 24.8. The Balaban J connectivity index is -0.0000000257. The Morgan fingerprint density at radius 3 is 0.700 bits per heavy atom. The Morgan fingerprint density at radius 2 is 0.700 bits per heavy atom. The maximum Gasteiger partial charge on any atom is 3.00 e. The first-order valence-electron chi connectivity index (χ1n) is 1.41. The van der Waals surface area contributed by atoms with Gasteiger partial charge in [0.1, 0.15) is 0 Å². The minimum Gasteiger partial charge on any atom is 3.00 e. The molecule has 0 aliphatic heterocycles. The molecule has 0 fully saturated rings. The molecule has 0 aliphatic carbocycles. The van der Waals surface area contributed by atoms with Crippen LogP contribution in [0.1, 0.15) is 0 Å². The van der Waals surface area contributed by atoms with E-state index in [0.717, 1.165) is 0 Å². The standard InChI is InChI=1S/3BO2.Sc/c3*2-1-3;/q3*-1;+3. The fourth-order valence-electron chi connectivity index (χ4n) is 0. The zero-order valence-corrected chi connectivity index (χ0v) is 6.56. The van der Waals surface area contributed by atoms with Crippen LogP contribution in [0.5, 0.6) is 0 Å². The van der Waals surface area contributed by atoms with E-state index < -0.39 is 22.1 Å². The van der Waals surface area contributed by atoms with Gasteiger partial charge in [-0.25, -0.2) is 0 Å². The minimum absolute atomic E-state index is 0. The third kappa shape index (κ3) is 20300. The smallest absolute Gasteiger partial charge is 3.00 e. The SMILES string of the molecule is O=B[O-].O=B[O-].O=B[O-].[Sc+3]. The van der Waals surface area contributed by atoms with Gasteiger partial charge in [-0.2, -0.15) is 0 Å². The Kier molecular flexibility index (Phi) is 151. The average Bonchev–Trinajstić information content (AvgIpc) is 1.70. The van der Waals surface area contributed by atoms with E-state index in [1.807, 2.05) is 0 Å². The predicted molar refractivity (Wildman–Crippen MR) is 19.3 cm³/mol. The first kappa shape index (κ1) is 22.5. The molecule has 0 rings (SSSR count). The van der Waals surface area contributed by atoms with E-state index >= 15 is 0 Å². The monoisotopic (exact) mass is 174 g/mol. The summed E-state index contributed by atoms with van der Waals surface area (Å²) >= 11 is 0. The molecule has 0 atom stereocenters. The van der Waals surface area contributed by atoms with E-state index in [1.54, 1.807) is 0 Å². The molecule has 0 saturated carbocycles. The molecule has 0 bridgehead atoms. The average molecular weight is 173 g/mol. The van der Waals surface area contributed by atoms with Gasteiger partial charge in [-0.15, -0.1) is 0 Å². The van der Waals surface area contributed by atoms with Crippen LogP contribution in [0.15, 0.2) is 0 Å². The number of hydrogen-bond acceptors (Lipinski definition) is 6. The molecule has 0 unspecified atom stereocenters. The van der Waals surface area contributed by atoms with E-state index in [4.69, 9.17) is 29.2 Å². The first-order valence-corrected chi connectivity index (χ1v) is 1.41. The fourth-order valence-corrected chi connectivity index (χ4v) is 0. The van der Waals surface area contributed by atoms with Crippen LogP contribution in [-0.2, 0) is 40.0 Å². The van der Waals surface area contributed by atoms with Gasteiger partial charge in [0.05, 0.1) is 0 Å². The summed E-state index contributed by atoms with van der Waals surface area (Å²) in [6, 6.07) is 0. The largest absolute Gasteiger partial charge is 3.00 e. The molecule has 6 nitrogen and oxygen atoms in total. The van der Waals surface area contributed by atoms with E-state index in [2.05, 4.69) is 0 Å². The van der Waals surface area contributed by atoms with Crippen molar-refractivity contribution in [1.82, 2.24) is 0 Å². The Morgan fingerprint density at radius 1 is 0.700 bits per heavy atom. The normalized spacial score (nSPS) is 2.40. The van der Waals surface area contributed by atoms with Crippen molar-refractivity contribution in [2.45, 2.75) is 0 Å². The molecule has 10 heteroatoms. The van der Waals surface area contributed by atoms with Crippen molar-refractivity contribution in [1.29, 1.82) is 0 Å². The third-order valence-corrected chi connectivity index (χ3v) is 0. The van der Waals surface area contributed by atoms with Gasteiger partial charge in [0, 0.05) is 0 Å². The molecule has 0 N–H and O–H groups in total. The number of rotatable bonds is 0. The van der Waals surface area contributed by atoms with Gasteiger partial charge in [0.15, 0.2) is 0 Å². The van der Waals surface area contributed by atoms with Crippen molar-refractivity contribution in [3.05, 3.63) is 0 Å². The summed E-state index contributed by atoms with van der Waals surface area (Å²) in [7, 11) is -1.50. The molecule has 0 radical (unpaired) electrons. The molecule has 10 heavy (non-hydrogen) atoms. The molecule has 48 valence electrons. The second-order valence-electron chi connectivity index (χ2n) is 0.289. The summed E-state index contributed by atoms with van der Waals surface area (Å²) in [6.07, 6.45) is 0. The predicted octanol–water partition coefficient (Wildman–Crippen LogP) is -5.07. The second-order valence-corrected chi connectivity index (χ2v) is 0.289. The number of hydrogen-bond donors (Lipinski definition) is 0. The zero-order chi connectivity index (χ0) is 8.12. The van der Waals surface area contributed by atoms with Crippen LogP contribution in [0.2, 0.25) is 0 Å². The second kappa shape index (κ2) is 66.8. The van der Waals surface area contributed by atoms with Gasteiger partial charge >= 0.3 is 77.1 Å². The molecule has 0 spiro atoms. The van der Waals surface area contributed by atoms with Crippen LogP contribution in [-0.4, -0.2) is 22.1 Å². The maximum atomic E-state index is 8.25. The van der Waals surface area contributed by atoms with E-state index in [9.17, 15) is 0 Å². The molecular formula is B3O6Sc. The molecule has 0 amide bonds. The van der Waals surface area contributed by atoms with Gasteiger partial charge < -0.3 is 0 Å². The molecular weight excluding hydrogens is 173 g/mol. The van der Waals surface area contributed by atoms with Crippen LogP contribution < -0.4 is 15.1 Å². The Hall–Kier alpha value is -0.135. The Bertz CT molecular complexity index is 49.7. The van der Waals surface area contributed by atoms with Gasteiger partial charge in [0.2, 0.25) is 0 Å². The van der Waals surface area contributed by atoms with Crippen molar-refractivity contribution in [2.24, 2.45) is 0 Å².